The van der Waals surface area contributed by atoms with Gasteiger partial charge in [0.25, 0.3) is 5.91 Å². The molecule has 1 fully saturated rings. The Morgan fingerprint density at radius 1 is 1.25 bits per heavy atom. The van der Waals surface area contributed by atoms with E-state index in [1.807, 2.05) is 0 Å². The van der Waals surface area contributed by atoms with Crippen LogP contribution >= 0.6 is 0 Å². The maximum Gasteiger partial charge on any atom is 0.308 e. The average Bonchev–Trinajstić information content (AvgIpc) is 3.00. The highest BCUT2D eigenvalue weighted by atomic mass is 16.5. The van der Waals surface area contributed by atoms with Gasteiger partial charge in [-0.2, -0.15) is 0 Å². The van der Waals surface area contributed by atoms with E-state index < -0.39 is 0 Å². The van der Waals surface area contributed by atoms with E-state index in [-0.39, 0.29) is 17.9 Å². The number of amides is 1. The maximum atomic E-state index is 12.2. The normalized spacial score (nSPS) is 26.6. The number of hydrogen-bond donors (Lipinski definition) is 1. The molecule has 0 aromatic heterocycles. The van der Waals surface area contributed by atoms with E-state index in [9.17, 15) is 9.59 Å². The Balaban J connectivity index is 1.68. The first-order valence-electron chi connectivity index (χ1n) is 6.89. The van der Waals surface area contributed by atoms with Gasteiger partial charge in [-0.15, -0.1) is 0 Å². The first-order chi connectivity index (χ1) is 9.61. The molecule has 0 radical (unpaired) electrons. The van der Waals surface area contributed by atoms with E-state index in [2.05, 4.69) is 17.5 Å². The molecule has 0 saturated heterocycles. The van der Waals surface area contributed by atoms with Gasteiger partial charge in [0.2, 0.25) is 0 Å². The van der Waals surface area contributed by atoms with Crippen molar-refractivity contribution in [3.8, 4) is 5.75 Å². The van der Waals surface area contributed by atoms with Gasteiger partial charge < -0.3 is 10.1 Å². The van der Waals surface area contributed by atoms with Crippen molar-refractivity contribution < 1.29 is 14.3 Å². The number of esters is 1. The highest BCUT2D eigenvalue weighted by Gasteiger charge is 2.36. The molecular formula is C16H17NO3. The summed E-state index contributed by atoms with van der Waals surface area (Å²) in [5.74, 6) is 1.00. The average molecular weight is 271 g/mol. The van der Waals surface area contributed by atoms with E-state index in [1.165, 1.54) is 6.92 Å². The van der Waals surface area contributed by atoms with E-state index in [1.54, 1.807) is 24.3 Å². The van der Waals surface area contributed by atoms with Crippen molar-refractivity contribution in [1.29, 1.82) is 0 Å². The fraction of sp³-hybridized carbons (Fsp3) is 0.375. The quantitative estimate of drug-likeness (QED) is 0.521. The van der Waals surface area contributed by atoms with Crippen molar-refractivity contribution in [1.82, 2.24) is 5.32 Å². The van der Waals surface area contributed by atoms with Crippen LogP contribution in [0.15, 0.2) is 36.4 Å². The molecule has 1 aromatic carbocycles. The van der Waals surface area contributed by atoms with Crippen LogP contribution in [-0.2, 0) is 4.79 Å². The Morgan fingerprint density at radius 2 is 2.10 bits per heavy atom. The fourth-order valence-electron chi connectivity index (χ4n) is 3.07. The Kier molecular flexibility index (Phi) is 3.30. The molecule has 2 aliphatic carbocycles. The number of ether oxygens (including phenoxy) is 1. The summed E-state index contributed by atoms with van der Waals surface area (Å²) in [6.07, 6.45) is 6.62. The highest BCUT2D eigenvalue weighted by molar-refractivity contribution is 5.95. The van der Waals surface area contributed by atoms with Crippen molar-refractivity contribution >= 4 is 11.9 Å². The Labute approximate surface area is 117 Å². The summed E-state index contributed by atoms with van der Waals surface area (Å²) in [5, 5.41) is 3.08. The lowest BCUT2D eigenvalue weighted by Crippen LogP contribution is -2.37. The van der Waals surface area contributed by atoms with Gasteiger partial charge in [0.15, 0.2) is 0 Å². The minimum Gasteiger partial charge on any atom is -0.427 e. The van der Waals surface area contributed by atoms with E-state index in [0.29, 0.717) is 23.1 Å². The molecule has 104 valence electrons. The summed E-state index contributed by atoms with van der Waals surface area (Å²) in [6.45, 7) is 1.34. The Hall–Kier alpha value is -2.10. The van der Waals surface area contributed by atoms with Gasteiger partial charge in [-0.25, -0.2) is 0 Å². The number of fused-ring (bicyclic) bond motifs is 2. The highest BCUT2D eigenvalue weighted by Crippen LogP contribution is 2.39. The van der Waals surface area contributed by atoms with Crippen LogP contribution in [-0.4, -0.2) is 17.9 Å². The molecule has 1 aromatic rings. The second-order valence-corrected chi connectivity index (χ2v) is 5.48. The molecule has 3 atom stereocenters. The van der Waals surface area contributed by atoms with Gasteiger partial charge >= 0.3 is 5.97 Å². The molecule has 1 saturated carbocycles. The molecule has 0 heterocycles. The minimum absolute atomic E-state index is 0.107. The van der Waals surface area contributed by atoms with E-state index >= 15 is 0 Å². The van der Waals surface area contributed by atoms with Crippen LogP contribution in [0.3, 0.4) is 0 Å². The lowest BCUT2D eigenvalue weighted by atomic mass is 10.0. The van der Waals surface area contributed by atoms with Crippen LogP contribution in [0.4, 0.5) is 0 Å². The van der Waals surface area contributed by atoms with Gasteiger partial charge in [-0.05, 0) is 42.9 Å². The number of rotatable bonds is 3. The van der Waals surface area contributed by atoms with Crippen molar-refractivity contribution in [2.75, 3.05) is 0 Å². The van der Waals surface area contributed by atoms with Gasteiger partial charge in [-0.1, -0.05) is 18.2 Å². The summed E-state index contributed by atoms with van der Waals surface area (Å²) >= 11 is 0. The number of carbonyl (C=O) groups excluding carboxylic acids is 2. The Morgan fingerprint density at radius 3 is 2.75 bits per heavy atom. The standard InChI is InChI=1S/C16H17NO3/c1-10(18)20-14-4-2-3-13(9-14)16(19)17-15-8-11-5-6-12(15)7-11/h2-6,9,11-12,15H,7-8H2,1H3,(H,17,19). The summed E-state index contributed by atoms with van der Waals surface area (Å²) in [7, 11) is 0. The zero-order valence-electron chi connectivity index (χ0n) is 11.3. The molecule has 2 bridgehead atoms. The number of benzene rings is 1. The molecule has 0 aliphatic heterocycles. The largest absolute Gasteiger partial charge is 0.427 e. The lowest BCUT2D eigenvalue weighted by Gasteiger charge is -2.19. The third kappa shape index (κ3) is 2.59. The summed E-state index contributed by atoms with van der Waals surface area (Å²) < 4.78 is 4.99. The Bertz CT molecular complexity index is 579. The number of allylic oxidation sites excluding steroid dienone is 1. The number of carbonyl (C=O) groups is 2. The van der Waals surface area contributed by atoms with Crippen molar-refractivity contribution in [3.05, 3.63) is 42.0 Å². The van der Waals surface area contributed by atoms with Gasteiger partial charge in [0.1, 0.15) is 5.75 Å². The third-order valence-electron chi connectivity index (χ3n) is 3.95. The third-order valence-corrected chi connectivity index (χ3v) is 3.95. The molecule has 0 spiro atoms. The summed E-state index contributed by atoms with van der Waals surface area (Å²) in [5.41, 5.74) is 0.524. The molecule has 3 rings (SSSR count). The second-order valence-electron chi connectivity index (χ2n) is 5.48. The zero-order valence-corrected chi connectivity index (χ0v) is 11.3. The van der Waals surface area contributed by atoms with Crippen LogP contribution in [0, 0.1) is 11.8 Å². The van der Waals surface area contributed by atoms with Crippen molar-refractivity contribution in [2.24, 2.45) is 11.8 Å². The van der Waals surface area contributed by atoms with Gasteiger partial charge in [-0.3, -0.25) is 9.59 Å². The second kappa shape index (κ2) is 5.12. The molecular weight excluding hydrogens is 254 g/mol. The number of nitrogens with one attached hydrogen (secondary N) is 1. The van der Waals surface area contributed by atoms with Crippen molar-refractivity contribution in [3.63, 3.8) is 0 Å². The SMILES string of the molecule is CC(=O)Oc1cccc(C(=O)NC2CC3C=CC2C3)c1. The van der Waals surface area contributed by atoms with Crippen LogP contribution in [0.2, 0.25) is 0 Å². The zero-order chi connectivity index (χ0) is 14.1. The van der Waals surface area contributed by atoms with Crippen molar-refractivity contribution in [2.45, 2.75) is 25.8 Å². The molecule has 4 nitrogen and oxygen atoms in total. The smallest absolute Gasteiger partial charge is 0.308 e. The monoisotopic (exact) mass is 271 g/mol. The molecule has 3 unspecified atom stereocenters. The number of hydrogen-bond acceptors (Lipinski definition) is 3. The van der Waals surface area contributed by atoms with Crippen LogP contribution in [0.5, 0.6) is 5.75 Å². The predicted molar refractivity (Wildman–Crippen MR) is 74.4 cm³/mol. The maximum absolute atomic E-state index is 12.2. The lowest BCUT2D eigenvalue weighted by molar-refractivity contribution is -0.131. The predicted octanol–water partition coefficient (Wildman–Crippen LogP) is 2.31. The van der Waals surface area contributed by atoms with Gasteiger partial charge in [0.05, 0.1) is 0 Å². The molecule has 1 amide bonds. The fourth-order valence-corrected chi connectivity index (χ4v) is 3.07. The first-order valence-corrected chi connectivity index (χ1v) is 6.89. The van der Waals surface area contributed by atoms with E-state index in [4.69, 9.17) is 4.74 Å². The molecule has 4 heteroatoms. The summed E-state index contributed by atoms with van der Waals surface area (Å²) in [4.78, 5) is 23.2. The van der Waals surface area contributed by atoms with Crippen LogP contribution in [0.25, 0.3) is 0 Å². The molecule has 2 aliphatic rings. The van der Waals surface area contributed by atoms with Crippen LogP contribution < -0.4 is 10.1 Å². The topological polar surface area (TPSA) is 55.4 Å². The van der Waals surface area contributed by atoms with Crippen LogP contribution in [0.1, 0.15) is 30.1 Å². The van der Waals surface area contributed by atoms with E-state index in [0.717, 1.165) is 12.8 Å². The minimum atomic E-state index is -0.388. The molecule has 1 N–H and O–H groups in total. The molecule has 20 heavy (non-hydrogen) atoms. The first kappa shape index (κ1) is 12.9. The van der Waals surface area contributed by atoms with Gasteiger partial charge in [0, 0.05) is 18.5 Å². The summed E-state index contributed by atoms with van der Waals surface area (Å²) in [6, 6.07) is 6.94.